The highest BCUT2D eigenvalue weighted by Crippen LogP contribution is 2.23. The van der Waals surface area contributed by atoms with Crippen molar-refractivity contribution in [3.63, 3.8) is 0 Å². The van der Waals surface area contributed by atoms with Crippen molar-refractivity contribution in [2.24, 2.45) is 4.99 Å². The molecule has 1 aromatic carbocycles. The summed E-state index contributed by atoms with van der Waals surface area (Å²) in [5.41, 5.74) is 1.81. The van der Waals surface area contributed by atoms with Gasteiger partial charge in [0, 0.05) is 36.4 Å². The number of rotatable bonds is 7. The Morgan fingerprint density at radius 2 is 2.31 bits per heavy atom. The molecule has 2 aromatic rings. The number of hydrogen-bond donors (Lipinski definition) is 2. The summed E-state index contributed by atoms with van der Waals surface area (Å²) >= 11 is 6.11. The molecule has 1 aromatic heterocycles. The van der Waals surface area contributed by atoms with Gasteiger partial charge in [0.1, 0.15) is 12.2 Å². The lowest BCUT2D eigenvalue weighted by molar-refractivity contribution is -0.141. The molecule has 1 saturated heterocycles. The molecule has 0 saturated carbocycles. The Hall–Kier alpha value is -2.81. The van der Waals surface area contributed by atoms with Crippen molar-refractivity contribution in [3.05, 3.63) is 41.2 Å². The number of halogens is 1. The average Bonchev–Trinajstić information content (AvgIpc) is 3.36. The average molecular weight is 420 g/mol. The van der Waals surface area contributed by atoms with Crippen LogP contribution in [-0.2, 0) is 22.6 Å². The fraction of sp³-hybridized carbons (Fsp3) is 0.474. The van der Waals surface area contributed by atoms with Gasteiger partial charge in [-0.05, 0) is 31.5 Å². The Balaban J connectivity index is 1.56. The van der Waals surface area contributed by atoms with Gasteiger partial charge in [0.15, 0.2) is 5.96 Å². The third-order valence-corrected chi connectivity index (χ3v) is 4.79. The molecular weight excluding hydrogens is 394 g/mol. The summed E-state index contributed by atoms with van der Waals surface area (Å²) in [6, 6.07) is 8.19. The van der Waals surface area contributed by atoms with E-state index >= 15 is 0 Å². The van der Waals surface area contributed by atoms with Crippen LogP contribution in [0.5, 0.6) is 0 Å². The monoisotopic (exact) mass is 419 g/mol. The summed E-state index contributed by atoms with van der Waals surface area (Å²) in [5.74, 6) is 0.360. The smallest absolute Gasteiger partial charge is 0.327 e. The summed E-state index contributed by atoms with van der Waals surface area (Å²) in [6.45, 7) is 5.01. The van der Waals surface area contributed by atoms with Crippen LogP contribution in [0.25, 0.3) is 0 Å². The van der Waals surface area contributed by atoms with Crippen LogP contribution >= 0.6 is 11.6 Å². The first-order valence-electron chi connectivity index (χ1n) is 9.58. The van der Waals surface area contributed by atoms with Crippen molar-refractivity contribution in [3.8, 4) is 0 Å². The molecule has 156 valence electrons. The molecule has 1 aliphatic heterocycles. The minimum Gasteiger partial charge on any atom is -0.468 e. The van der Waals surface area contributed by atoms with Crippen LogP contribution in [0.2, 0.25) is 5.02 Å². The Kier molecular flexibility index (Phi) is 7.29. The molecule has 2 N–H and O–H groups in total. The summed E-state index contributed by atoms with van der Waals surface area (Å²) in [6.07, 6.45) is 2.70. The zero-order valence-corrected chi connectivity index (χ0v) is 17.4. The number of anilines is 1. The molecule has 9 nitrogen and oxygen atoms in total. The van der Waals surface area contributed by atoms with Crippen molar-refractivity contribution >= 4 is 29.2 Å². The molecular formula is C19H26ClN7O2. The van der Waals surface area contributed by atoms with Crippen LogP contribution in [0.3, 0.4) is 0 Å². The second-order valence-electron chi connectivity index (χ2n) is 6.73. The van der Waals surface area contributed by atoms with Gasteiger partial charge in [0.2, 0.25) is 0 Å². The first-order chi connectivity index (χ1) is 14.1. The fourth-order valence-corrected chi connectivity index (χ4v) is 3.33. The molecule has 1 unspecified atom stereocenters. The number of carbonyl (C=O) groups is 1. The number of nitrogens with one attached hydrogen (secondary N) is 2. The number of carbonyl (C=O) groups excluding carboxylic acids is 1. The Morgan fingerprint density at radius 1 is 1.45 bits per heavy atom. The molecule has 1 aliphatic rings. The number of esters is 1. The molecule has 0 amide bonds. The van der Waals surface area contributed by atoms with Crippen molar-refractivity contribution in [1.82, 2.24) is 25.6 Å². The summed E-state index contributed by atoms with van der Waals surface area (Å²) in [4.78, 5) is 18.2. The highest BCUT2D eigenvalue weighted by Gasteiger charge is 2.23. The van der Waals surface area contributed by atoms with Crippen LogP contribution in [0, 0.1) is 0 Å². The molecule has 0 bridgehead atoms. The zero-order chi connectivity index (χ0) is 20.6. The number of methoxy groups -OCH3 is 1. The third-order valence-electron chi connectivity index (χ3n) is 4.55. The van der Waals surface area contributed by atoms with E-state index < -0.39 is 0 Å². The zero-order valence-electron chi connectivity index (χ0n) is 16.6. The molecule has 0 aliphatic carbocycles. The Morgan fingerprint density at radius 3 is 3.07 bits per heavy atom. The number of ether oxygens (including phenoxy) is 1. The second kappa shape index (κ2) is 10.1. The van der Waals surface area contributed by atoms with Crippen molar-refractivity contribution < 1.29 is 9.53 Å². The maximum Gasteiger partial charge on any atom is 0.327 e. The highest BCUT2D eigenvalue weighted by molar-refractivity contribution is 6.30. The lowest BCUT2D eigenvalue weighted by Gasteiger charge is -2.20. The molecule has 0 radical (unpaired) electrons. The molecule has 0 spiro atoms. The van der Waals surface area contributed by atoms with Crippen LogP contribution in [-0.4, -0.2) is 59.7 Å². The van der Waals surface area contributed by atoms with Gasteiger partial charge in [-0.2, -0.15) is 0 Å². The van der Waals surface area contributed by atoms with Gasteiger partial charge in [-0.15, -0.1) is 5.10 Å². The lowest BCUT2D eigenvalue weighted by atomic mass is 10.2. The van der Waals surface area contributed by atoms with Crippen molar-refractivity contribution in [1.29, 1.82) is 0 Å². The number of benzene rings is 1. The van der Waals surface area contributed by atoms with Crippen molar-refractivity contribution in [2.45, 2.75) is 32.5 Å². The quantitative estimate of drug-likeness (QED) is 0.398. The van der Waals surface area contributed by atoms with Crippen LogP contribution in [0.4, 0.5) is 5.69 Å². The van der Waals surface area contributed by atoms with E-state index in [1.807, 2.05) is 25.1 Å². The Labute approximate surface area is 175 Å². The summed E-state index contributed by atoms with van der Waals surface area (Å²) < 4.78 is 6.07. The fourth-order valence-electron chi connectivity index (χ4n) is 3.14. The van der Waals surface area contributed by atoms with E-state index in [1.165, 1.54) is 11.8 Å². The van der Waals surface area contributed by atoms with Crippen LogP contribution in [0.15, 0.2) is 35.5 Å². The van der Waals surface area contributed by atoms with Gasteiger partial charge in [0.05, 0.1) is 19.9 Å². The molecule has 10 heteroatoms. The first kappa shape index (κ1) is 20.9. The lowest BCUT2D eigenvalue weighted by Crippen LogP contribution is -2.44. The van der Waals surface area contributed by atoms with Gasteiger partial charge >= 0.3 is 5.97 Å². The van der Waals surface area contributed by atoms with Gasteiger partial charge < -0.3 is 20.3 Å². The molecule has 1 fully saturated rings. The molecule has 29 heavy (non-hydrogen) atoms. The maximum absolute atomic E-state index is 11.3. The molecule has 2 heterocycles. The van der Waals surface area contributed by atoms with Crippen LogP contribution < -0.4 is 15.5 Å². The van der Waals surface area contributed by atoms with Gasteiger partial charge in [-0.1, -0.05) is 22.9 Å². The van der Waals surface area contributed by atoms with E-state index in [2.05, 4.69) is 41.6 Å². The second-order valence-corrected chi connectivity index (χ2v) is 7.17. The predicted molar refractivity (Wildman–Crippen MR) is 112 cm³/mol. The summed E-state index contributed by atoms with van der Waals surface area (Å²) in [7, 11) is 1.34. The van der Waals surface area contributed by atoms with E-state index in [-0.39, 0.29) is 18.6 Å². The van der Waals surface area contributed by atoms with E-state index in [4.69, 9.17) is 11.6 Å². The first-order valence-corrected chi connectivity index (χ1v) is 9.96. The van der Waals surface area contributed by atoms with Gasteiger partial charge in [-0.25, -0.2) is 9.67 Å². The minimum atomic E-state index is -0.370. The Bertz CT molecular complexity index is 855. The topological polar surface area (TPSA) is 96.7 Å². The summed E-state index contributed by atoms with van der Waals surface area (Å²) in [5, 5.41) is 15.5. The van der Waals surface area contributed by atoms with E-state index in [0.717, 1.165) is 42.7 Å². The number of guanidine groups is 1. The largest absolute Gasteiger partial charge is 0.468 e. The molecule has 1 atom stereocenters. The SMILES string of the molecule is CCNC(=NCc1cn(CC(=O)OC)nn1)NC1CCN(c2cccc(Cl)c2)C1. The van der Waals surface area contributed by atoms with Gasteiger partial charge in [0.25, 0.3) is 0 Å². The highest BCUT2D eigenvalue weighted by atomic mass is 35.5. The normalized spacial score (nSPS) is 16.7. The van der Waals surface area contributed by atoms with Crippen LogP contribution in [0.1, 0.15) is 19.0 Å². The van der Waals surface area contributed by atoms with E-state index in [9.17, 15) is 4.79 Å². The maximum atomic E-state index is 11.3. The number of nitrogens with zero attached hydrogens (tertiary/aromatic N) is 5. The van der Waals surface area contributed by atoms with E-state index in [1.54, 1.807) is 6.20 Å². The number of aromatic nitrogens is 3. The minimum absolute atomic E-state index is 0.0347. The standard InChI is InChI=1S/C19H26ClN7O2/c1-3-21-19(22-10-16-12-27(25-24-16)13-18(28)29-2)23-15-7-8-26(11-15)17-6-4-5-14(20)9-17/h4-6,9,12,15H,3,7-8,10-11,13H2,1-2H3,(H2,21,22,23). The van der Waals surface area contributed by atoms with Crippen molar-refractivity contribution in [2.75, 3.05) is 31.6 Å². The van der Waals surface area contributed by atoms with E-state index in [0.29, 0.717) is 12.2 Å². The number of hydrogen-bond acceptors (Lipinski definition) is 6. The third kappa shape index (κ3) is 6.08. The van der Waals surface area contributed by atoms with Gasteiger partial charge in [-0.3, -0.25) is 4.79 Å². The predicted octanol–water partition coefficient (Wildman–Crippen LogP) is 1.44. The number of aliphatic imine (C=N–C) groups is 1. The molecule has 3 rings (SSSR count).